The third kappa shape index (κ3) is 4.61. The molecule has 33 heavy (non-hydrogen) atoms. The average molecular weight is 448 g/mol. The summed E-state index contributed by atoms with van der Waals surface area (Å²) >= 11 is 0. The van der Waals surface area contributed by atoms with E-state index < -0.39 is 0 Å². The van der Waals surface area contributed by atoms with Crippen LogP contribution >= 0.6 is 0 Å². The summed E-state index contributed by atoms with van der Waals surface area (Å²) in [5.41, 5.74) is 5.06. The van der Waals surface area contributed by atoms with Gasteiger partial charge in [0.05, 0.1) is 7.11 Å². The Morgan fingerprint density at radius 1 is 1.09 bits per heavy atom. The van der Waals surface area contributed by atoms with Gasteiger partial charge in [-0.15, -0.1) is 0 Å². The molecule has 1 aliphatic carbocycles. The van der Waals surface area contributed by atoms with Gasteiger partial charge in [-0.2, -0.15) is 0 Å². The number of piperidine rings is 1. The smallest absolute Gasteiger partial charge is 0.322 e. The number of nitrogens with zero attached hydrogens (tertiary/aromatic N) is 2. The van der Waals surface area contributed by atoms with E-state index in [4.69, 9.17) is 4.74 Å². The molecular formula is C28H37N3O2. The van der Waals surface area contributed by atoms with Crippen LogP contribution in [0.4, 0.5) is 10.5 Å². The minimum Gasteiger partial charge on any atom is -0.497 e. The van der Waals surface area contributed by atoms with Crippen LogP contribution in [0.5, 0.6) is 5.75 Å². The van der Waals surface area contributed by atoms with Crippen molar-refractivity contribution in [3.05, 3.63) is 59.2 Å². The first-order valence-electron chi connectivity index (χ1n) is 12.6. The van der Waals surface area contributed by atoms with Crippen molar-refractivity contribution in [1.29, 1.82) is 0 Å². The number of amides is 2. The lowest BCUT2D eigenvalue weighted by atomic mass is 9.74. The van der Waals surface area contributed by atoms with Crippen molar-refractivity contribution in [1.82, 2.24) is 10.2 Å². The van der Waals surface area contributed by atoms with Crippen LogP contribution in [0, 0.1) is 6.92 Å². The van der Waals surface area contributed by atoms with Crippen molar-refractivity contribution in [2.24, 2.45) is 0 Å². The molecule has 1 N–H and O–H groups in total. The average Bonchev–Trinajstić information content (AvgIpc) is 3.15. The normalized spacial score (nSPS) is 20.6. The lowest BCUT2D eigenvalue weighted by Crippen LogP contribution is -2.49. The fraction of sp³-hybridized carbons (Fsp3) is 0.536. The Hall–Kier alpha value is -2.53. The van der Waals surface area contributed by atoms with E-state index in [-0.39, 0.29) is 11.4 Å². The number of aryl methyl sites for hydroxylation is 1. The zero-order chi connectivity index (χ0) is 22.8. The summed E-state index contributed by atoms with van der Waals surface area (Å²) in [6.45, 7) is 6.01. The van der Waals surface area contributed by atoms with Crippen LogP contribution in [-0.4, -0.2) is 43.7 Å². The first-order chi connectivity index (χ1) is 16.1. The Bertz CT molecular complexity index is 990. The number of carbonyl (C=O) groups is 1. The third-order valence-electron chi connectivity index (χ3n) is 8.01. The summed E-state index contributed by atoms with van der Waals surface area (Å²) < 4.78 is 5.57. The number of nitrogens with one attached hydrogen (secondary N) is 1. The number of anilines is 1. The largest absolute Gasteiger partial charge is 0.497 e. The first-order valence-corrected chi connectivity index (χ1v) is 12.6. The van der Waals surface area contributed by atoms with Crippen LogP contribution in [0.25, 0.3) is 0 Å². The number of benzene rings is 2. The quantitative estimate of drug-likeness (QED) is 0.683. The van der Waals surface area contributed by atoms with E-state index in [9.17, 15) is 4.79 Å². The van der Waals surface area contributed by atoms with E-state index in [1.807, 2.05) is 11.0 Å². The molecule has 5 heteroatoms. The number of hydrogen-bond acceptors (Lipinski definition) is 3. The molecule has 2 heterocycles. The van der Waals surface area contributed by atoms with Gasteiger partial charge in [0.1, 0.15) is 5.75 Å². The second-order valence-corrected chi connectivity index (χ2v) is 10.3. The van der Waals surface area contributed by atoms with Gasteiger partial charge in [0.15, 0.2) is 0 Å². The molecule has 0 aromatic heterocycles. The number of rotatable bonds is 4. The standard InChI is InChI=1S/C28H37N3O2/c1-21-7-6-8-22(17-21)19-30-15-13-28(14-16-30)20-31(26-12-11-24(33-2)18-25(26)28)27(32)29-23-9-4-3-5-10-23/h6-8,11-12,17-18,23H,3-5,9-10,13-16,19-20H2,1-2H3,(H,29,32). The Labute approximate surface area is 198 Å². The minimum atomic E-state index is 0.0108. The highest BCUT2D eigenvalue weighted by Gasteiger charge is 2.46. The summed E-state index contributed by atoms with van der Waals surface area (Å²) in [6.07, 6.45) is 8.07. The summed E-state index contributed by atoms with van der Waals surface area (Å²) in [6, 6.07) is 15.5. The Morgan fingerprint density at radius 2 is 1.88 bits per heavy atom. The maximum Gasteiger partial charge on any atom is 0.322 e. The molecule has 0 bridgehead atoms. The van der Waals surface area contributed by atoms with E-state index in [0.717, 1.165) is 63.3 Å². The molecule has 2 fully saturated rings. The van der Waals surface area contributed by atoms with Crippen LogP contribution in [-0.2, 0) is 12.0 Å². The van der Waals surface area contributed by atoms with Gasteiger partial charge in [-0.25, -0.2) is 4.79 Å². The lowest BCUT2D eigenvalue weighted by molar-refractivity contribution is 0.159. The van der Waals surface area contributed by atoms with E-state index in [0.29, 0.717) is 6.04 Å². The first kappa shape index (κ1) is 22.3. The second-order valence-electron chi connectivity index (χ2n) is 10.3. The highest BCUT2D eigenvalue weighted by atomic mass is 16.5. The van der Waals surface area contributed by atoms with Gasteiger partial charge in [0.25, 0.3) is 0 Å². The molecule has 3 aliphatic rings. The van der Waals surface area contributed by atoms with Gasteiger partial charge in [-0.3, -0.25) is 9.80 Å². The molecule has 1 saturated carbocycles. The zero-order valence-electron chi connectivity index (χ0n) is 20.1. The van der Waals surface area contributed by atoms with Crippen LogP contribution in [0.15, 0.2) is 42.5 Å². The Kier molecular flexibility index (Phi) is 6.33. The Morgan fingerprint density at radius 3 is 2.61 bits per heavy atom. The number of carbonyl (C=O) groups excluding carboxylic acids is 1. The van der Waals surface area contributed by atoms with Crippen molar-refractivity contribution in [2.45, 2.75) is 69.9 Å². The molecule has 1 saturated heterocycles. The molecular weight excluding hydrogens is 410 g/mol. The van der Waals surface area contributed by atoms with E-state index in [1.165, 1.54) is 36.0 Å². The SMILES string of the molecule is COc1ccc2c(c1)C1(CCN(Cc3cccc(C)c3)CC1)CN2C(=O)NC1CCCCC1. The van der Waals surface area contributed by atoms with Gasteiger partial charge in [-0.1, -0.05) is 49.1 Å². The fourth-order valence-corrected chi connectivity index (χ4v) is 6.09. The van der Waals surface area contributed by atoms with Crippen molar-refractivity contribution in [3.63, 3.8) is 0 Å². The van der Waals surface area contributed by atoms with Gasteiger partial charge < -0.3 is 10.1 Å². The maximum absolute atomic E-state index is 13.4. The lowest BCUT2D eigenvalue weighted by Gasteiger charge is -2.40. The number of fused-ring (bicyclic) bond motifs is 2. The molecule has 2 aliphatic heterocycles. The number of ether oxygens (including phenoxy) is 1. The van der Waals surface area contributed by atoms with E-state index in [2.05, 4.69) is 53.5 Å². The monoisotopic (exact) mass is 447 g/mol. The molecule has 5 rings (SSSR count). The molecule has 176 valence electrons. The zero-order valence-corrected chi connectivity index (χ0v) is 20.1. The topological polar surface area (TPSA) is 44.8 Å². The molecule has 1 spiro atoms. The molecule has 2 amide bonds. The van der Waals surface area contributed by atoms with Crippen LogP contribution < -0.4 is 15.0 Å². The van der Waals surface area contributed by atoms with Gasteiger partial charge >= 0.3 is 6.03 Å². The molecule has 0 atom stereocenters. The summed E-state index contributed by atoms with van der Waals surface area (Å²) in [4.78, 5) is 17.9. The summed E-state index contributed by atoms with van der Waals surface area (Å²) in [7, 11) is 1.72. The number of hydrogen-bond donors (Lipinski definition) is 1. The predicted molar refractivity (Wildman–Crippen MR) is 133 cm³/mol. The van der Waals surface area contributed by atoms with Crippen LogP contribution in [0.1, 0.15) is 61.6 Å². The highest BCUT2D eigenvalue weighted by molar-refractivity contribution is 5.95. The molecule has 2 aromatic rings. The van der Waals surface area contributed by atoms with Crippen molar-refractivity contribution in [3.8, 4) is 5.75 Å². The molecule has 0 radical (unpaired) electrons. The number of methoxy groups -OCH3 is 1. The van der Waals surface area contributed by atoms with Crippen molar-refractivity contribution >= 4 is 11.7 Å². The van der Waals surface area contributed by atoms with Gasteiger partial charge in [0.2, 0.25) is 0 Å². The van der Waals surface area contributed by atoms with Crippen molar-refractivity contribution < 1.29 is 9.53 Å². The second kappa shape index (κ2) is 9.38. The summed E-state index contributed by atoms with van der Waals surface area (Å²) in [5.74, 6) is 0.879. The van der Waals surface area contributed by atoms with Crippen LogP contribution in [0.2, 0.25) is 0 Å². The molecule has 5 nitrogen and oxygen atoms in total. The van der Waals surface area contributed by atoms with E-state index >= 15 is 0 Å². The molecule has 0 unspecified atom stereocenters. The van der Waals surface area contributed by atoms with Crippen LogP contribution in [0.3, 0.4) is 0 Å². The predicted octanol–water partition coefficient (Wildman–Crippen LogP) is 5.40. The van der Waals surface area contributed by atoms with Gasteiger partial charge in [0, 0.05) is 30.2 Å². The fourth-order valence-electron chi connectivity index (χ4n) is 6.09. The number of likely N-dealkylation sites (tertiary alicyclic amines) is 1. The Balaban J connectivity index is 1.33. The third-order valence-corrected chi connectivity index (χ3v) is 8.01. The number of urea groups is 1. The summed E-state index contributed by atoms with van der Waals surface area (Å²) in [5, 5.41) is 3.34. The van der Waals surface area contributed by atoms with Crippen molar-refractivity contribution in [2.75, 3.05) is 31.6 Å². The highest BCUT2D eigenvalue weighted by Crippen LogP contribution is 2.48. The molecule has 2 aromatic carbocycles. The van der Waals surface area contributed by atoms with Gasteiger partial charge in [-0.05, 0) is 75.0 Å². The maximum atomic E-state index is 13.4. The minimum absolute atomic E-state index is 0.0108. The van der Waals surface area contributed by atoms with E-state index in [1.54, 1.807) is 7.11 Å².